The van der Waals surface area contributed by atoms with Crippen LogP contribution in [0, 0.1) is 0 Å². The van der Waals surface area contributed by atoms with E-state index in [1.165, 1.54) is 24.3 Å². The van der Waals surface area contributed by atoms with Crippen molar-refractivity contribution in [1.29, 1.82) is 0 Å². The highest BCUT2D eigenvalue weighted by atomic mass is 16.4. The van der Waals surface area contributed by atoms with Crippen LogP contribution < -0.4 is 38.5 Å². The minimum atomic E-state index is -1.88. The molecule has 0 aliphatic carbocycles. The Labute approximate surface area is 353 Å². The van der Waals surface area contributed by atoms with Gasteiger partial charge in [-0.3, -0.25) is 43.5 Å². The summed E-state index contributed by atoms with van der Waals surface area (Å²) in [5.74, 6) is -8.14. The molecule has 63 heavy (non-hydrogen) atoms. The van der Waals surface area contributed by atoms with Crippen LogP contribution in [0.3, 0.4) is 0 Å². The van der Waals surface area contributed by atoms with E-state index in [9.17, 15) is 53.4 Å². The number of nitrogens with zero attached hydrogens (tertiary/aromatic N) is 2. The third-order valence-corrected chi connectivity index (χ3v) is 10.6. The van der Waals surface area contributed by atoms with E-state index in [-0.39, 0.29) is 95.2 Å². The number of nitrogens with one attached hydrogen (secondary N) is 6. The van der Waals surface area contributed by atoms with E-state index in [4.69, 9.17) is 21.7 Å². The normalized spacial score (nSPS) is 15.2. The number of H-pyrrole nitrogens is 3. The van der Waals surface area contributed by atoms with Crippen molar-refractivity contribution in [2.75, 3.05) is 16.8 Å². The van der Waals surface area contributed by atoms with Gasteiger partial charge in [0.25, 0.3) is 22.9 Å². The number of aryl methyl sites for hydroxylation is 3. The first-order valence-corrected chi connectivity index (χ1v) is 19.2. The summed E-state index contributed by atoms with van der Waals surface area (Å²) < 4.78 is 0. The Balaban J connectivity index is 1.33. The molecule has 14 N–H and O–H groups in total. The van der Waals surface area contributed by atoms with Crippen LogP contribution in [0.15, 0.2) is 58.1 Å². The monoisotopic (exact) mass is 868 g/mol. The first-order valence-electron chi connectivity index (χ1n) is 19.2. The zero-order chi connectivity index (χ0) is 45.7. The predicted octanol–water partition coefficient (Wildman–Crippen LogP) is 0.251. The largest absolute Gasteiger partial charge is 0.481 e. The van der Waals surface area contributed by atoms with Crippen LogP contribution in [0.2, 0.25) is 0 Å². The van der Waals surface area contributed by atoms with Gasteiger partial charge in [-0.2, -0.15) is 9.97 Å². The van der Waals surface area contributed by atoms with Crippen LogP contribution in [0.25, 0.3) is 11.0 Å². The Kier molecular flexibility index (Phi) is 12.7. The van der Waals surface area contributed by atoms with Crippen LogP contribution in [-0.4, -0.2) is 99.0 Å². The number of carbonyl (C=O) groups is 7. The molecule has 0 spiro atoms. The van der Waals surface area contributed by atoms with Gasteiger partial charge in [-0.05, 0) is 79.5 Å². The average Bonchev–Trinajstić information content (AvgIpc) is 3.73. The number of hydrogen-bond acceptors (Lipinski definition) is 13. The van der Waals surface area contributed by atoms with Gasteiger partial charge < -0.3 is 52.8 Å². The molecule has 0 radical (unpaired) electrons. The molecule has 4 heterocycles. The number of carboxylic acids is 4. The summed E-state index contributed by atoms with van der Waals surface area (Å²) in [7, 11) is 0. The van der Waals surface area contributed by atoms with Gasteiger partial charge in [0.1, 0.15) is 29.0 Å². The van der Waals surface area contributed by atoms with Gasteiger partial charge in [-0.15, -0.1) is 0 Å². The molecule has 0 fully saturated rings. The second kappa shape index (κ2) is 18.1. The first kappa shape index (κ1) is 44.2. The van der Waals surface area contributed by atoms with Crippen LogP contribution >= 0.6 is 0 Å². The number of carbonyl (C=O) groups excluding carboxylic acids is 3. The number of fused-ring (bicyclic) bond motifs is 2. The molecule has 6 rings (SSSR count). The molecule has 0 bridgehead atoms. The van der Waals surface area contributed by atoms with Crippen LogP contribution in [0.1, 0.15) is 80.8 Å². The van der Waals surface area contributed by atoms with Crippen LogP contribution in [0.5, 0.6) is 0 Å². The summed E-state index contributed by atoms with van der Waals surface area (Å²) >= 11 is 0. The third kappa shape index (κ3) is 9.51. The van der Waals surface area contributed by atoms with Gasteiger partial charge in [0.05, 0.1) is 10.9 Å². The van der Waals surface area contributed by atoms with Crippen molar-refractivity contribution in [2.45, 2.75) is 68.9 Å². The van der Waals surface area contributed by atoms with E-state index in [1.54, 1.807) is 24.3 Å². The van der Waals surface area contributed by atoms with Crippen LogP contribution in [-0.2, 0) is 48.7 Å². The number of aliphatic carboxylic acids is 4. The lowest BCUT2D eigenvalue weighted by Crippen LogP contribution is -2.41. The van der Waals surface area contributed by atoms with Crippen LogP contribution in [0.4, 0.5) is 17.7 Å². The molecule has 3 amide bonds. The zero-order valence-electron chi connectivity index (χ0n) is 32.9. The Bertz CT molecular complexity index is 2780. The lowest BCUT2D eigenvalue weighted by Gasteiger charge is -2.27. The van der Waals surface area contributed by atoms with Crippen molar-refractivity contribution in [1.82, 2.24) is 35.6 Å². The summed E-state index contributed by atoms with van der Waals surface area (Å²) in [6, 6.07) is 9.06. The van der Waals surface area contributed by atoms with Crippen molar-refractivity contribution in [2.24, 2.45) is 0 Å². The number of rotatable bonds is 19. The second-order valence-electron chi connectivity index (χ2n) is 14.7. The van der Waals surface area contributed by atoms with E-state index in [0.717, 1.165) is 0 Å². The summed E-state index contributed by atoms with van der Waals surface area (Å²) in [6.45, 7) is 0. The number of nitrogens with two attached hydrogens (primary N) is 2. The van der Waals surface area contributed by atoms with E-state index in [1.807, 2.05) is 0 Å². The van der Waals surface area contributed by atoms with Crippen molar-refractivity contribution >= 4 is 70.3 Å². The number of nitrogen functional groups attached to an aromatic ring is 2. The fourth-order valence-electron chi connectivity index (χ4n) is 7.48. The molecular weight excluding hydrogens is 828 g/mol. The molecule has 23 heteroatoms. The lowest BCUT2D eigenvalue weighted by atomic mass is 9.73. The molecule has 1 aliphatic heterocycles. The number of hydrogen-bond donors (Lipinski definition) is 12. The maximum absolute atomic E-state index is 14.4. The quantitative estimate of drug-likeness (QED) is 0.0529. The molecule has 0 saturated heterocycles. The standard InChI is InChI=1S/C40H40N10O13/c41-38-47-29-26(33(57)49-38)21(10-5-17-1-6-19(7-2-17)31(55)43-22(35(59)60)11-13-24(51)52)28(45-29)40(27-30(46-37(40)63)48-39(42)50-34(27)58)16-15-18-3-8-20(9-4-18)32(56)44-23(36(61)62)12-14-25(53)54/h1-4,6-9,22-23H,5,10-16H2,(H,43,55)(H,44,56)(H,51,52)(H,53,54)(H,59,60)(H,61,62)(H4,41,45,47,49,57)(H4,42,46,48,50,58,63)/t22?,23?,40-/m1/s1. The maximum atomic E-state index is 14.4. The van der Waals surface area contributed by atoms with Crippen molar-refractivity contribution in [3.05, 3.63) is 108 Å². The molecule has 1 aliphatic rings. The Morgan fingerprint density at radius 3 is 1.65 bits per heavy atom. The number of anilines is 3. The summed E-state index contributed by atoms with van der Waals surface area (Å²) in [5.41, 5.74) is 10.1. The molecule has 328 valence electrons. The SMILES string of the molecule is Nc1nc2c(c(=O)[nH]1)[C@](CCc1ccc(C(=O)NC(CCC(=O)O)C(=O)O)cc1)(c1[nH]c3nc(N)[nH]c(=O)c3c1CCc1ccc(C(=O)NC(CCC(=O)O)C(=O)O)cc1)C(=O)N2. The summed E-state index contributed by atoms with van der Waals surface area (Å²) in [5, 5.41) is 44.1. The van der Waals surface area contributed by atoms with Gasteiger partial charge in [0.2, 0.25) is 17.8 Å². The predicted molar refractivity (Wildman–Crippen MR) is 220 cm³/mol. The molecule has 3 atom stereocenters. The maximum Gasteiger partial charge on any atom is 0.326 e. The number of amides is 3. The number of aromatic amines is 3. The Morgan fingerprint density at radius 2 is 1.14 bits per heavy atom. The minimum Gasteiger partial charge on any atom is -0.481 e. The van der Waals surface area contributed by atoms with Gasteiger partial charge in [0.15, 0.2) is 0 Å². The molecule has 2 unspecified atom stereocenters. The molecular formula is C40H40N10O13. The highest BCUT2D eigenvalue weighted by molar-refractivity contribution is 6.08. The molecule has 3 aromatic heterocycles. The molecule has 0 saturated carbocycles. The number of aromatic nitrogens is 5. The smallest absolute Gasteiger partial charge is 0.326 e. The van der Waals surface area contributed by atoms with E-state index in [0.29, 0.717) is 11.1 Å². The Hall–Kier alpha value is -8.37. The summed E-state index contributed by atoms with van der Waals surface area (Å²) in [6.07, 6.45) is -1.47. The summed E-state index contributed by atoms with van der Waals surface area (Å²) in [4.78, 5) is 129. The third-order valence-electron chi connectivity index (χ3n) is 10.6. The van der Waals surface area contributed by atoms with Crippen molar-refractivity contribution < 1.29 is 54.0 Å². The topological polar surface area (TPSA) is 396 Å². The van der Waals surface area contributed by atoms with Gasteiger partial charge in [-0.1, -0.05) is 24.3 Å². The van der Waals surface area contributed by atoms with E-state index < -0.39 is 83.1 Å². The zero-order valence-corrected chi connectivity index (χ0v) is 32.9. The van der Waals surface area contributed by atoms with Gasteiger partial charge in [-0.25, -0.2) is 9.59 Å². The number of carboxylic acid groups (broad SMARTS) is 4. The van der Waals surface area contributed by atoms with Crippen molar-refractivity contribution in [3.63, 3.8) is 0 Å². The Morgan fingerprint density at radius 1 is 0.651 bits per heavy atom. The fourth-order valence-corrected chi connectivity index (χ4v) is 7.48. The first-order chi connectivity index (χ1) is 29.9. The van der Waals surface area contributed by atoms with Crippen molar-refractivity contribution in [3.8, 4) is 0 Å². The molecule has 5 aromatic rings. The highest BCUT2D eigenvalue weighted by Crippen LogP contribution is 2.46. The molecule has 2 aromatic carbocycles. The molecule has 23 nitrogen and oxygen atoms in total. The fraction of sp³-hybridized carbons (Fsp3) is 0.275. The second-order valence-corrected chi connectivity index (χ2v) is 14.7. The average molecular weight is 869 g/mol. The van der Waals surface area contributed by atoms with E-state index >= 15 is 0 Å². The lowest BCUT2D eigenvalue weighted by molar-refractivity contribution is -0.142. The van der Waals surface area contributed by atoms with E-state index in [2.05, 4.69) is 40.9 Å². The highest BCUT2D eigenvalue weighted by Gasteiger charge is 2.53. The van der Waals surface area contributed by atoms with Gasteiger partial charge >= 0.3 is 23.9 Å². The number of benzene rings is 2. The van der Waals surface area contributed by atoms with Gasteiger partial charge in [0, 0.05) is 29.7 Å². The minimum absolute atomic E-state index is 0.00277.